The average Bonchev–Trinajstić information content (AvgIpc) is 3.32. The first-order chi connectivity index (χ1) is 32.7. The van der Waals surface area contributed by atoms with Crippen LogP contribution in [0.25, 0.3) is 0 Å². The van der Waals surface area contributed by atoms with Gasteiger partial charge in [-0.1, -0.05) is 86.6 Å². The van der Waals surface area contributed by atoms with Crippen LogP contribution >= 0.6 is 0 Å². The van der Waals surface area contributed by atoms with E-state index in [2.05, 4.69) is 5.32 Å². The van der Waals surface area contributed by atoms with Crippen LogP contribution in [0.4, 0.5) is 0 Å². The lowest BCUT2D eigenvalue weighted by molar-refractivity contribution is -0.346. The molecule has 0 radical (unpaired) electrons. The maximum Gasteiger partial charge on any atom is 0.338 e. The number of aliphatic hydroxyl groups excluding tert-OH is 2. The molecule has 0 spiro atoms. The Morgan fingerprint density at radius 2 is 1.39 bits per heavy atom. The Bertz CT molecular complexity index is 2670. The third-order valence-electron chi connectivity index (χ3n) is 14.5. The van der Waals surface area contributed by atoms with Crippen LogP contribution in [0.15, 0.2) is 126 Å². The van der Waals surface area contributed by atoms with Crippen LogP contribution in [0.1, 0.15) is 86.7 Å². The molecular weight excluding hydrogens is 891 g/mol. The molecular formula is C53H55NO15. The normalized spacial score (nSPS) is 29.7. The number of rotatable bonds is 12. The molecule has 11 atom stereocenters. The zero-order valence-corrected chi connectivity index (χ0v) is 39.0. The number of aliphatic hydroxyl groups is 3. The summed E-state index contributed by atoms with van der Waals surface area (Å²) >= 11 is 0. The Hall–Kier alpha value is -6.72. The fourth-order valence-electron chi connectivity index (χ4n) is 10.9. The van der Waals surface area contributed by atoms with Crippen molar-refractivity contribution in [3.8, 4) is 11.5 Å². The number of nitrogens with one attached hydrogen (secondary N) is 1. The lowest BCUT2D eigenvalue weighted by atomic mass is 9.44. The molecule has 1 heterocycles. The summed E-state index contributed by atoms with van der Waals surface area (Å²) in [6, 6.07) is 29.9. The van der Waals surface area contributed by atoms with E-state index < -0.39 is 113 Å². The number of benzene rings is 4. The molecule has 1 aliphatic heterocycles. The molecule has 0 unspecified atom stereocenters. The standard InChI is InChI=1S/C53H55NO15/c1-29-37(67-49(62)42(58)41(32-17-10-7-11-18-32)54-47(60)33-19-12-8-13-20-33)27-53(63)46(68-48(61)34-21-16-24-36(25-34)66-35-22-14-9-15-23-35)44-51(6,38(57)26-39-52(44,28-64-39)69-31(3)56)45(59)43(65-30(2)55)40(29)50(53,4)5/h7-25,37-39,41-44,46,57-58,63H,26-28H2,1-6H3,(H,54,60)/t37-,38-,39+,41-,42+,43+,44-,46-,51+,52-,53+/m0/s1. The molecule has 16 nitrogen and oxygen atoms in total. The predicted molar refractivity (Wildman–Crippen MR) is 244 cm³/mol. The molecule has 0 aromatic heterocycles. The predicted octanol–water partition coefficient (Wildman–Crippen LogP) is 5.53. The molecule has 2 bridgehead atoms. The number of Topliss-reactive ketones (excluding diaryl/α,β-unsaturated/α-hetero) is 1. The minimum atomic E-state index is -2.46. The van der Waals surface area contributed by atoms with Crippen LogP contribution in [0.2, 0.25) is 0 Å². The second-order valence-electron chi connectivity index (χ2n) is 18.9. The minimum Gasteiger partial charge on any atom is -0.457 e. The number of hydrogen-bond donors (Lipinski definition) is 4. The number of ketones is 1. The minimum absolute atomic E-state index is 0.0274. The highest BCUT2D eigenvalue weighted by atomic mass is 16.6. The second-order valence-corrected chi connectivity index (χ2v) is 18.9. The van der Waals surface area contributed by atoms with Gasteiger partial charge in [0.15, 0.2) is 23.6 Å². The molecule has 4 aromatic rings. The van der Waals surface area contributed by atoms with Crippen molar-refractivity contribution >= 4 is 35.6 Å². The lowest BCUT2D eigenvalue weighted by Gasteiger charge is -2.67. The van der Waals surface area contributed by atoms with Gasteiger partial charge in [-0.05, 0) is 73.0 Å². The van der Waals surface area contributed by atoms with Gasteiger partial charge in [0, 0.05) is 37.7 Å². The van der Waals surface area contributed by atoms with Gasteiger partial charge in [0.25, 0.3) is 5.91 Å². The Morgan fingerprint density at radius 1 is 0.783 bits per heavy atom. The number of esters is 4. The summed E-state index contributed by atoms with van der Waals surface area (Å²) in [6.07, 6.45) is -10.8. The highest BCUT2D eigenvalue weighted by molar-refractivity contribution is 5.96. The van der Waals surface area contributed by atoms with Crippen molar-refractivity contribution in [3.63, 3.8) is 0 Å². The van der Waals surface area contributed by atoms with Crippen molar-refractivity contribution in [2.75, 3.05) is 6.61 Å². The topological polar surface area (TPSA) is 231 Å². The first-order valence-corrected chi connectivity index (χ1v) is 22.7. The highest BCUT2D eigenvalue weighted by Gasteiger charge is 2.78. The fraction of sp³-hybridized carbons (Fsp3) is 0.396. The second kappa shape index (κ2) is 18.6. The van der Waals surface area contributed by atoms with Gasteiger partial charge in [-0.15, -0.1) is 0 Å². The molecule has 3 aliphatic carbocycles. The van der Waals surface area contributed by atoms with E-state index in [9.17, 15) is 39.3 Å². The molecule has 4 aromatic carbocycles. The van der Waals surface area contributed by atoms with Gasteiger partial charge in [0.05, 0.1) is 35.6 Å². The summed E-state index contributed by atoms with van der Waals surface area (Å²) in [7, 11) is 0. The lowest BCUT2D eigenvalue weighted by Crippen LogP contribution is -2.82. The smallest absolute Gasteiger partial charge is 0.338 e. The highest BCUT2D eigenvalue weighted by Crippen LogP contribution is 2.64. The van der Waals surface area contributed by atoms with E-state index in [0.717, 1.165) is 13.8 Å². The maximum atomic E-state index is 15.7. The third kappa shape index (κ3) is 8.60. The molecule has 16 heteroatoms. The van der Waals surface area contributed by atoms with E-state index in [1.54, 1.807) is 111 Å². The van der Waals surface area contributed by atoms with Crippen molar-refractivity contribution in [2.24, 2.45) is 16.7 Å². The van der Waals surface area contributed by atoms with Gasteiger partial charge in [0.2, 0.25) is 0 Å². The number of carbonyl (C=O) groups is 6. The molecule has 3 fully saturated rings. The molecule has 8 rings (SSSR count). The first kappa shape index (κ1) is 48.7. The van der Waals surface area contributed by atoms with Crippen molar-refractivity contribution in [2.45, 2.75) is 108 Å². The number of carbonyl (C=O) groups excluding carboxylic acids is 6. The van der Waals surface area contributed by atoms with Crippen molar-refractivity contribution in [3.05, 3.63) is 143 Å². The molecule has 362 valence electrons. The largest absolute Gasteiger partial charge is 0.457 e. The number of hydrogen-bond acceptors (Lipinski definition) is 15. The number of para-hydroxylation sites is 1. The van der Waals surface area contributed by atoms with E-state index in [1.807, 2.05) is 6.07 Å². The Morgan fingerprint density at radius 3 is 2.00 bits per heavy atom. The number of amides is 1. The summed E-state index contributed by atoms with van der Waals surface area (Å²) in [5, 5.41) is 40.7. The van der Waals surface area contributed by atoms with Crippen LogP contribution in [0, 0.1) is 16.7 Å². The van der Waals surface area contributed by atoms with Crippen molar-refractivity contribution < 1.29 is 72.5 Å². The van der Waals surface area contributed by atoms with Gasteiger partial charge in [-0.3, -0.25) is 19.2 Å². The fourth-order valence-corrected chi connectivity index (χ4v) is 10.9. The summed E-state index contributed by atoms with van der Waals surface area (Å²) < 4.78 is 36.7. The SMILES string of the molecule is CC(=O)O[C@H]1C(=O)[C@@]2(C)[C@H]([C@H](OC(=O)c3cccc(Oc4ccccc4)c3)[C@]3(O)C[C@H](OC(=O)[C@H](O)[C@@H](NC(=O)c4ccccc4)c4ccccc4)C(C)=C1C3(C)C)[C@]1(OC(C)=O)CO[C@@H]1C[C@@H]2O. The van der Waals surface area contributed by atoms with E-state index in [4.69, 9.17) is 28.4 Å². The molecule has 4 aliphatic rings. The third-order valence-corrected chi connectivity index (χ3v) is 14.5. The van der Waals surface area contributed by atoms with Gasteiger partial charge < -0.3 is 49.1 Å². The molecule has 2 saturated carbocycles. The molecule has 1 saturated heterocycles. The monoisotopic (exact) mass is 945 g/mol. The molecule has 69 heavy (non-hydrogen) atoms. The van der Waals surface area contributed by atoms with Crippen LogP contribution in [-0.2, 0) is 42.9 Å². The van der Waals surface area contributed by atoms with E-state index >= 15 is 4.79 Å². The summed E-state index contributed by atoms with van der Waals surface area (Å²) in [6.45, 7) is 7.90. The maximum absolute atomic E-state index is 15.7. The molecule has 4 N–H and O–H groups in total. The van der Waals surface area contributed by atoms with E-state index in [0.29, 0.717) is 11.3 Å². The van der Waals surface area contributed by atoms with Crippen LogP contribution in [0.5, 0.6) is 11.5 Å². The average molecular weight is 946 g/mol. The Kier molecular flexibility index (Phi) is 13.2. The first-order valence-electron chi connectivity index (χ1n) is 22.7. The van der Waals surface area contributed by atoms with Crippen LogP contribution in [0.3, 0.4) is 0 Å². The summed E-state index contributed by atoms with van der Waals surface area (Å²) in [5.41, 5.74) is -7.43. The van der Waals surface area contributed by atoms with Gasteiger partial charge in [-0.2, -0.15) is 0 Å². The van der Waals surface area contributed by atoms with Crippen molar-refractivity contribution in [1.29, 1.82) is 0 Å². The summed E-state index contributed by atoms with van der Waals surface area (Å²) in [4.78, 5) is 84.8. The van der Waals surface area contributed by atoms with Gasteiger partial charge >= 0.3 is 23.9 Å². The Balaban J connectivity index is 1.27. The van der Waals surface area contributed by atoms with Crippen molar-refractivity contribution in [1.82, 2.24) is 5.32 Å². The van der Waals surface area contributed by atoms with E-state index in [1.165, 1.54) is 26.0 Å². The number of ether oxygens (including phenoxy) is 6. The zero-order valence-electron chi connectivity index (χ0n) is 39.0. The summed E-state index contributed by atoms with van der Waals surface area (Å²) in [5.74, 6) is -6.34. The quantitative estimate of drug-likeness (QED) is 0.0778. The van der Waals surface area contributed by atoms with Gasteiger partial charge in [-0.25, -0.2) is 9.59 Å². The van der Waals surface area contributed by atoms with Crippen LogP contribution < -0.4 is 10.1 Å². The van der Waals surface area contributed by atoms with E-state index in [-0.39, 0.29) is 41.1 Å². The number of fused-ring (bicyclic) bond motifs is 5. The zero-order chi connectivity index (χ0) is 49.6. The Labute approximate surface area is 398 Å². The van der Waals surface area contributed by atoms with Gasteiger partial charge in [0.1, 0.15) is 35.4 Å². The molecule has 1 amide bonds. The van der Waals surface area contributed by atoms with Crippen LogP contribution in [-0.4, -0.2) is 105 Å².